The SMILES string of the molecule is Cc1ccc(S(=O)(=O)C(N=N)NC[C@@H]2C[C@@H](C(=O)O)N(C(=O)OC(C)(C)C)C2)cc1. The van der Waals surface area contributed by atoms with Gasteiger partial charge in [0.1, 0.15) is 11.6 Å². The minimum atomic E-state index is -3.93. The van der Waals surface area contributed by atoms with E-state index >= 15 is 0 Å². The number of amides is 1. The molecule has 0 saturated carbocycles. The quantitative estimate of drug-likeness (QED) is 0.551. The summed E-state index contributed by atoms with van der Waals surface area (Å²) >= 11 is 0. The number of hydrogen-bond donors (Lipinski definition) is 3. The summed E-state index contributed by atoms with van der Waals surface area (Å²) in [4.78, 5) is 25.1. The van der Waals surface area contributed by atoms with E-state index in [1.54, 1.807) is 32.9 Å². The molecule has 11 heteroatoms. The fourth-order valence-corrected chi connectivity index (χ4v) is 4.40. The highest BCUT2D eigenvalue weighted by Crippen LogP contribution is 2.26. The van der Waals surface area contributed by atoms with Crippen molar-refractivity contribution in [1.29, 1.82) is 5.53 Å². The highest BCUT2D eigenvalue weighted by molar-refractivity contribution is 7.92. The number of aliphatic carboxylic acids is 1. The van der Waals surface area contributed by atoms with Gasteiger partial charge in [0.05, 0.1) is 4.90 Å². The van der Waals surface area contributed by atoms with Crippen LogP contribution in [-0.4, -0.2) is 60.7 Å². The molecule has 2 rings (SSSR count). The van der Waals surface area contributed by atoms with Crippen molar-refractivity contribution in [2.75, 3.05) is 13.1 Å². The monoisotopic (exact) mass is 440 g/mol. The number of sulfone groups is 1. The summed E-state index contributed by atoms with van der Waals surface area (Å²) in [6, 6.07) is 5.14. The predicted octanol–water partition coefficient (Wildman–Crippen LogP) is 2.38. The number of rotatable bonds is 7. The molecule has 0 spiro atoms. The second kappa shape index (κ2) is 9.09. The highest BCUT2D eigenvalue weighted by atomic mass is 32.2. The molecule has 1 aromatic rings. The molecule has 0 aliphatic carbocycles. The molecule has 1 aromatic carbocycles. The number of benzene rings is 1. The van der Waals surface area contributed by atoms with Crippen molar-refractivity contribution in [3.05, 3.63) is 29.8 Å². The minimum Gasteiger partial charge on any atom is -0.480 e. The van der Waals surface area contributed by atoms with Gasteiger partial charge in [0.15, 0.2) is 0 Å². The number of carboxylic acid groups (broad SMARTS) is 1. The van der Waals surface area contributed by atoms with E-state index in [-0.39, 0.29) is 30.3 Å². The molecule has 1 saturated heterocycles. The number of hydrogen-bond acceptors (Lipinski definition) is 8. The van der Waals surface area contributed by atoms with Crippen molar-refractivity contribution in [3.63, 3.8) is 0 Å². The number of aryl methyl sites for hydroxylation is 1. The average Bonchev–Trinajstić information content (AvgIpc) is 3.06. The standard InChI is InChI=1S/C19H28N4O6S/c1-12-5-7-14(8-6-12)30(27,28)17(22-20)21-10-13-9-15(16(24)25)23(11-13)18(26)29-19(2,3)4/h5-8,13,15,17,20-21H,9-11H2,1-4H3,(H,24,25)/t13-,15-,17?/m0/s1. The van der Waals surface area contributed by atoms with Gasteiger partial charge in [-0.3, -0.25) is 10.2 Å². The van der Waals surface area contributed by atoms with Gasteiger partial charge >= 0.3 is 12.1 Å². The van der Waals surface area contributed by atoms with Crippen molar-refractivity contribution >= 4 is 21.9 Å². The molecule has 1 amide bonds. The van der Waals surface area contributed by atoms with Gasteiger partial charge in [-0.05, 0) is 52.2 Å². The molecule has 3 N–H and O–H groups in total. The summed E-state index contributed by atoms with van der Waals surface area (Å²) in [6.45, 7) is 7.05. The summed E-state index contributed by atoms with van der Waals surface area (Å²) in [5.74, 6) is -1.49. The van der Waals surface area contributed by atoms with Crippen molar-refractivity contribution in [1.82, 2.24) is 10.2 Å². The van der Waals surface area contributed by atoms with Crippen LogP contribution in [0.5, 0.6) is 0 Å². The molecular formula is C19H28N4O6S. The van der Waals surface area contributed by atoms with E-state index in [0.29, 0.717) is 0 Å². The smallest absolute Gasteiger partial charge is 0.411 e. The minimum absolute atomic E-state index is 0.0341. The summed E-state index contributed by atoms with van der Waals surface area (Å²) in [6.07, 6.45) is -0.594. The maximum Gasteiger partial charge on any atom is 0.411 e. The van der Waals surface area contributed by atoms with Crippen LogP contribution in [0.15, 0.2) is 34.3 Å². The molecule has 166 valence electrons. The van der Waals surface area contributed by atoms with Gasteiger partial charge in [-0.15, -0.1) is 0 Å². The molecule has 1 fully saturated rings. The number of likely N-dealkylation sites (tertiary alicyclic amines) is 1. The molecule has 1 aliphatic heterocycles. The van der Waals surface area contributed by atoms with Gasteiger partial charge in [-0.1, -0.05) is 17.7 Å². The molecule has 0 radical (unpaired) electrons. The summed E-state index contributed by atoms with van der Waals surface area (Å²) in [7, 11) is -3.93. The second-order valence-corrected chi connectivity index (χ2v) is 10.3. The highest BCUT2D eigenvalue weighted by Gasteiger charge is 2.42. The van der Waals surface area contributed by atoms with Crippen LogP contribution in [-0.2, 0) is 19.4 Å². The number of carbonyl (C=O) groups is 2. The van der Waals surface area contributed by atoms with Gasteiger partial charge < -0.3 is 9.84 Å². The summed E-state index contributed by atoms with van der Waals surface area (Å²) in [5, 5.41) is 15.4. The number of nitrogens with zero attached hydrogens (tertiary/aromatic N) is 2. The van der Waals surface area contributed by atoms with Crippen LogP contribution < -0.4 is 5.32 Å². The third-order valence-electron chi connectivity index (χ3n) is 4.64. The lowest BCUT2D eigenvalue weighted by molar-refractivity contribution is -0.142. The van der Waals surface area contributed by atoms with Gasteiger partial charge in [0.25, 0.3) is 0 Å². The van der Waals surface area contributed by atoms with Crippen LogP contribution in [0.3, 0.4) is 0 Å². The summed E-state index contributed by atoms with van der Waals surface area (Å²) in [5.41, 5.74) is 5.93. The van der Waals surface area contributed by atoms with Crippen molar-refractivity contribution < 1.29 is 27.9 Å². The van der Waals surface area contributed by atoms with E-state index in [0.717, 1.165) is 10.5 Å². The van der Waals surface area contributed by atoms with Crippen LogP contribution in [0, 0.1) is 18.4 Å². The lowest BCUT2D eigenvalue weighted by Crippen LogP contribution is -2.43. The Labute approximate surface area is 176 Å². The number of ether oxygens (including phenoxy) is 1. The van der Waals surface area contributed by atoms with Crippen LogP contribution in [0.4, 0.5) is 4.79 Å². The van der Waals surface area contributed by atoms with E-state index < -0.39 is 39.0 Å². The first-order chi connectivity index (χ1) is 13.8. The number of carboxylic acids is 1. The van der Waals surface area contributed by atoms with Crippen molar-refractivity contribution in [2.24, 2.45) is 11.0 Å². The zero-order chi connectivity index (χ0) is 22.7. The van der Waals surface area contributed by atoms with Crippen molar-refractivity contribution in [3.8, 4) is 0 Å². The predicted molar refractivity (Wildman–Crippen MR) is 108 cm³/mol. The second-order valence-electron chi connectivity index (χ2n) is 8.34. The lowest BCUT2D eigenvalue weighted by Gasteiger charge is -2.26. The third kappa shape index (κ3) is 5.76. The normalized spacial score (nSPS) is 20.6. The van der Waals surface area contributed by atoms with E-state index in [1.165, 1.54) is 12.1 Å². The van der Waals surface area contributed by atoms with E-state index in [9.17, 15) is 23.1 Å². The molecule has 1 unspecified atom stereocenters. The average molecular weight is 441 g/mol. The first-order valence-electron chi connectivity index (χ1n) is 9.48. The van der Waals surface area contributed by atoms with Gasteiger partial charge in [-0.25, -0.2) is 23.5 Å². The Balaban J connectivity index is 2.08. The zero-order valence-corrected chi connectivity index (χ0v) is 18.3. The molecule has 3 atom stereocenters. The van der Waals surface area contributed by atoms with Crippen LogP contribution in [0.1, 0.15) is 32.8 Å². The lowest BCUT2D eigenvalue weighted by atomic mass is 10.1. The van der Waals surface area contributed by atoms with Crippen LogP contribution in [0.25, 0.3) is 0 Å². The Morgan fingerprint density at radius 2 is 1.93 bits per heavy atom. The van der Waals surface area contributed by atoms with Crippen LogP contribution >= 0.6 is 0 Å². The third-order valence-corrected chi connectivity index (χ3v) is 6.43. The first kappa shape index (κ1) is 23.7. The van der Waals surface area contributed by atoms with Crippen molar-refractivity contribution in [2.45, 2.75) is 56.2 Å². The Morgan fingerprint density at radius 1 is 1.33 bits per heavy atom. The zero-order valence-electron chi connectivity index (χ0n) is 17.5. The topological polar surface area (TPSA) is 149 Å². The number of carbonyl (C=O) groups excluding carboxylic acids is 1. The largest absolute Gasteiger partial charge is 0.480 e. The molecule has 1 aliphatic rings. The summed E-state index contributed by atoms with van der Waals surface area (Å²) < 4.78 is 30.7. The number of nitrogens with one attached hydrogen (secondary N) is 2. The Hall–Kier alpha value is -2.53. The molecule has 30 heavy (non-hydrogen) atoms. The van der Waals surface area contributed by atoms with Gasteiger partial charge in [0.2, 0.25) is 15.3 Å². The maximum absolute atomic E-state index is 12.7. The first-order valence-corrected chi connectivity index (χ1v) is 11.0. The van der Waals surface area contributed by atoms with Gasteiger partial charge in [-0.2, -0.15) is 5.11 Å². The molecular weight excluding hydrogens is 412 g/mol. The van der Waals surface area contributed by atoms with Crippen LogP contribution in [0.2, 0.25) is 0 Å². The maximum atomic E-state index is 12.7. The Kier molecular flexibility index (Phi) is 7.19. The molecule has 10 nitrogen and oxygen atoms in total. The van der Waals surface area contributed by atoms with E-state index in [1.807, 2.05) is 6.92 Å². The van der Waals surface area contributed by atoms with E-state index in [2.05, 4.69) is 10.4 Å². The fraction of sp³-hybridized carbons (Fsp3) is 0.579. The molecule has 0 aromatic heterocycles. The molecule has 0 bridgehead atoms. The fourth-order valence-electron chi connectivity index (χ4n) is 3.18. The molecule has 1 heterocycles. The Morgan fingerprint density at radius 3 is 2.43 bits per heavy atom. The van der Waals surface area contributed by atoms with E-state index in [4.69, 9.17) is 10.3 Å². The van der Waals surface area contributed by atoms with Gasteiger partial charge in [0, 0.05) is 13.1 Å². The Bertz CT molecular complexity index is 895.